The number of carboxylic acid groups (broad SMARTS) is 1. The minimum atomic E-state index is -1.08. The van der Waals surface area contributed by atoms with Crippen molar-refractivity contribution in [2.45, 2.75) is 78.0 Å². The maximum Gasteiger partial charge on any atom is 0.419 e. The summed E-state index contributed by atoms with van der Waals surface area (Å²) < 4.78 is 10.4. The zero-order chi connectivity index (χ0) is 19.1. The van der Waals surface area contributed by atoms with E-state index < -0.39 is 35.4 Å². The van der Waals surface area contributed by atoms with Crippen LogP contribution in [-0.4, -0.2) is 52.0 Å². The van der Waals surface area contributed by atoms with Crippen molar-refractivity contribution in [2.24, 2.45) is 5.73 Å². The fraction of sp³-hybridized carbons (Fsp3) is 0.812. The van der Waals surface area contributed by atoms with E-state index in [9.17, 15) is 14.4 Å². The number of nitrogens with zero attached hydrogens (tertiary/aromatic N) is 1. The second kappa shape index (κ2) is 8.86. The van der Waals surface area contributed by atoms with Crippen molar-refractivity contribution in [3.05, 3.63) is 0 Å². The molecule has 0 aromatic carbocycles. The Labute approximate surface area is 143 Å². The monoisotopic (exact) mass is 346 g/mol. The van der Waals surface area contributed by atoms with Crippen molar-refractivity contribution in [2.75, 3.05) is 6.54 Å². The summed E-state index contributed by atoms with van der Waals surface area (Å²) in [5.74, 6) is -1.08. The van der Waals surface area contributed by atoms with Crippen LogP contribution in [-0.2, 0) is 14.3 Å². The molecule has 0 spiro atoms. The van der Waals surface area contributed by atoms with Crippen LogP contribution in [0.1, 0.15) is 60.8 Å². The number of aliphatic carboxylic acids is 1. The number of hydrogen-bond acceptors (Lipinski definition) is 6. The molecule has 0 aromatic heterocycles. The summed E-state index contributed by atoms with van der Waals surface area (Å²) in [5.41, 5.74) is 3.93. The van der Waals surface area contributed by atoms with Crippen LogP contribution in [0.15, 0.2) is 0 Å². The highest BCUT2D eigenvalue weighted by atomic mass is 16.6. The zero-order valence-electron chi connectivity index (χ0n) is 15.4. The van der Waals surface area contributed by atoms with Crippen LogP contribution in [0.3, 0.4) is 0 Å². The number of carbonyl (C=O) groups excluding carboxylic acids is 2. The molecule has 8 nitrogen and oxygen atoms in total. The van der Waals surface area contributed by atoms with Gasteiger partial charge >= 0.3 is 18.2 Å². The van der Waals surface area contributed by atoms with Crippen LogP contribution in [0.2, 0.25) is 0 Å². The molecule has 140 valence electrons. The first-order valence-electron chi connectivity index (χ1n) is 7.95. The Hall–Kier alpha value is -1.83. The Balaban J connectivity index is 4.78. The molecule has 3 N–H and O–H groups in total. The van der Waals surface area contributed by atoms with Crippen LogP contribution in [0, 0.1) is 0 Å². The Morgan fingerprint density at radius 1 is 0.958 bits per heavy atom. The van der Waals surface area contributed by atoms with Gasteiger partial charge in [0.1, 0.15) is 17.2 Å². The minimum absolute atomic E-state index is 0.0656. The highest BCUT2D eigenvalue weighted by Crippen LogP contribution is 2.15. The molecular weight excluding hydrogens is 316 g/mol. The number of imide groups is 1. The van der Waals surface area contributed by atoms with E-state index in [1.54, 1.807) is 41.5 Å². The van der Waals surface area contributed by atoms with Crippen molar-refractivity contribution in [3.8, 4) is 0 Å². The topological polar surface area (TPSA) is 119 Å². The third-order valence-corrected chi connectivity index (χ3v) is 2.69. The molecule has 0 rings (SSSR count). The Morgan fingerprint density at radius 2 is 1.38 bits per heavy atom. The Morgan fingerprint density at radius 3 is 1.71 bits per heavy atom. The van der Waals surface area contributed by atoms with Crippen LogP contribution in [0.25, 0.3) is 0 Å². The number of hydrogen-bond donors (Lipinski definition) is 2. The van der Waals surface area contributed by atoms with Crippen molar-refractivity contribution in [3.63, 3.8) is 0 Å². The normalized spacial score (nSPS) is 13.1. The van der Waals surface area contributed by atoms with Gasteiger partial charge in [0, 0.05) is 6.54 Å². The van der Waals surface area contributed by atoms with Gasteiger partial charge in [-0.2, -0.15) is 0 Å². The molecule has 0 saturated carbocycles. The molecule has 0 aromatic rings. The lowest BCUT2D eigenvalue weighted by Gasteiger charge is -2.28. The van der Waals surface area contributed by atoms with E-state index in [1.807, 2.05) is 0 Å². The fourth-order valence-electron chi connectivity index (χ4n) is 1.65. The maximum atomic E-state index is 12.2. The van der Waals surface area contributed by atoms with Crippen molar-refractivity contribution in [1.29, 1.82) is 0 Å². The van der Waals surface area contributed by atoms with Gasteiger partial charge in [-0.25, -0.2) is 14.5 Å². The molecule has 2 amide bonds. The molecule has 0 saturated heterocycles. The average Bonchev–Trinajstić information content (AvgIpc) is 2.33. The summed E-state index contributed by atoms with van der Waals surface area (Å²) in [4.78, 5) is 36.0. The standard InChI is InChI=1S/C16H30N2O6/c1-15(2,3)23-13(21)18(14(22)24-16(4,5)6)10-8-7-9-11(17)12(19)20/h11H,7-10,17H2,1-6H3,(H,19,20)/t11-/m0/s1. The highest BCUT2D eigenvalue weighted by molar-refractivity contribution is 5.88. The van der Waals surface area contributed by atoms with Gasteiger partial charge in [0.15, 0.2) is 0 Å². The van der Waals surface area contributed by atoms with Gasteiger partial charge in [-0.1, -0.05) is 0 Å². The maximum absolute atomic E-state index is 12.2. The first-order chi connectivity index (χ1) is 10.7. The molecule has 0 aliphatic rings. The second-order valence-electron chi connectivity index (χ2n) is 7.55. The third-order valence-electron chi connectivity index (χ3n) is 2.69. The van der Waals surface area contributed by atoms with Crippen molar-refractivity contribution < 1.29 is 29.0 Å². The largest absolute Gasteiger partial charge is 0.480 e. The van der Waals surface area contributed by atoms with Gasteiger partial charge in [0.25, 0.3) is 0 Å². The summed E-state index contributed by atoms with van der Waals surface area (Å²) in [6, 6.07) is -0.957. The summed E-state index contributed by atoms with van der Waals surface area (Å²) in [7, 11) is 0. The molecule has 8 heteroatoms. The number of nitrogens with two attached hydrogens (primary N) is 1. The molecule has 0 fully saturated rings. The lowest BCUT2D eigenvalue weighted by molar-refractivity contribution is -0.138. The zero-order valence-corrected chi connectivity index (χ0v) is 15.4. The first kappa shape index (κ1) is 22.2. The van der Waals surface area contributed by atoms with E-state index in [4.69, 9.17) is 20.3 Å². The molecule has 0 unspecified atom stereocenters. The molecule has 1 atom stereocenters. The van der Waals surface area contributed by atoms with E-state index >= 15 is 0 Å². The third kappa shape index (κ3) is 10.0. The quantitative estimate of drug-likeness (QED) is 0.710. The summed E-state index contributed by atoms with van der Waals surface area (Å²) >= 11 is 0. The lowest BCUT2D eigenvalue weighted by atomic mass is 10.1. The van der Waals surface area contributed by atoms with Gasteiger partial charge in [-0.3, -0.25) is 4.79 Å². The molecule has 0 radical (unpaired) electrons. The summed E-state index contributed by atoms with van der Waals surface area (Å²) in [6.45, 7) is 10.3. The Bertz CT molecular complexity index is 422. The SMILES string of the molecule is CC(C)(C)OC(=O)N(CCCC[C@H](N)C(=O)O)C(=O)OC(C)(C)C. The van der Waals surface area contributed by atoms with Gasteiger partial charge < -0.3 is 20.3 Å². The van der Waals surface area contributed by atoms with Crippen molar-refractivity contribution in [1.82, 2.24) is 4.90 Å². The molecule has 0 heterocycles. The van der Waals surface area contributed by atoms with Crippen molar-refractivity contribution >= 4 is 18.2 Å². The number of carboxylic acids is 1. The second-order valence-corrected chi connectivity index (χ2v) is 7.55. The average molecular weight is 346 g/mol. The minimum Gasteiger partial charge on any atom is -0.480 e. The van der Waals surface area contributed by atoms with E-state index in [1.165, 1.54) is 0 Å². The predicted octanol–water partition coefficient (Wildman–Crippen LogP) is 2.74. The van der Waals surface area contributed by atoms with E-state index in [0.29, 0.717) is 12.8 Å². The molecule has 0 aliphatic heterocycles. The lowest BCUT2D eigenvalue weighted by Crippen LogP contribution is -2.44. The summed E-state index contributed by atoms with van der Waals surface area (Å²) in [6.07, 6.45) is -0.473. The first-order valence-corrected chi connectivity index (χ1v) is 7.95. The fourth-order valence-corrected chi connectivity index (χ4v) is 1.65. The number of amides is 2. The van der Waals surface area contributed by atoms with Gasteiger partial charge in [-0.15, -0.1) is 0 Å². The van der Waals surface area contributed by atoms with Crippen LogP contribution < -0.4 is 5.73 Å². The van der Waals surface area contributed by atoms with Crippen LogP contribution in [0.5, 0.6) is 0 Å². The van der Waals surface area contributed by atoms with E-state index in [0.717, 1.165) is 4.90 Å². The van der Waals surface area contributed by atoms with E-state index in [-0.39, 0.29) is 13.0 Å². The predicted molar refractivity (Wildman–Crippen MR) is 88.6 cm³/mol. The Kier molecular flexibility index (Phi) is 8.19. The highest BCUT2D eigenvalue weighted by Gasteiger charge is 2.30. The molecule has 24 heavy (non-hydrogen) atoms. The number of carbonyl (C=O) groups is 3. The van der Waals surface area contributed by atoms with Gasteiger partial charge in [0.05, 0.1) is 0 Å². The van der Waals surface area contributed by atoms with Gasteiger partial charge in [0.2, 0.25) is 0 Å². The van der Waals surface area contributed by atoms with Gasteiger partial charge in [-0.05, 0) is 60.8 Å². The smallest absolute Gasteiger partial charge is 0.419 e. The number of unbranched alkanes of at least 4 members (excludes halogenated alkanes) is 1. The molecule has 0 bridgehead atoms. The number of rotatable bonds is 6. The summed E-state index contributed by atoms with van der Waals surface area (Å²) in [5, 5.41) is 8.74. The molecular formula is C16H30N2O6. The van der Waals surface area contributed by atoms with Crippen LogP contribution >= 0.6 is 0 Å². The number of ether oxygens (including phenoxy) is 2. The van der Waals surface area contributed by atoms with E-state index in [2.05, 4.69) is 0 Å². The molecule has 0 aliphatic carbocycles. The van der Waals surface area contributed by atoms with Crippen LogP contribution in [0.4, 0.5) is 9.59 Å².